The van der Waals surface area contributed by atoms with Gasteiger partial charge in [0.2, 0.25) is 0 Å². The van der Waals surface area contributed by atoms with Gasteiger partial charge in [-0.05, 0) is 41.5 Å². The third kappa shape index (κ3) is 3.31. The van der Waals surface area contributed by atoms with Crippen LogP contribution in [0.4, 0.5) is 17.6 Å². The van der Waals surface area contributed by atoms with Crippen LogP contribution in [-0.4, -0.2) is 16.2 Å². The van der Waals surface area contributed by atoms with Crippen LogP contribution in [0.1, 0.15) is 15.9 Å². The van der Waals surface area contributed by atoms with E-state index in [0.717, 1.165) is 24.3 Å². The van der Waals surface area contributed by atoms with Gasteiger partial charge in [0.25, 0.3) is 0 Å². The number of halogens is 4. The van der Waals surface area contributed by atoms with Gasteiger partial charge in [0, 0.05) is 6.07 Å². The molecule has 0 aliphatic rings. The smallest absolute Gasteiger partial charge is 0.416 e. The summed E-state index contributed by atoms with van der Waals surface area (Å²) in [5, 5.41) is 18.1. The standard InChI is InChI=1S/C14H8F4O3/c15-11-4-8(5-12(19)6-11)7-1-9(13(20)21)3-10(2-7)14(16,17)18/h1-6,19H,(H,20,21). The highest BCUT2D eigenvalue weighted by Gasteiger charge is 2.32. The summed E-state index contributed by atoms with van der Waals surface area (Å²) in [7, 11) is 0. The fourth-order valence-corrected chi connectivity index (χ4v) is 1.82. The lowest BCUT2D eigenvalue weighted by Gasteiger charge is -2.11. The molecule has 0 aromatic heterocycles. The molecule has 0 saturated carbocycles. The Bertz CT molecular complexity index is 688. The molecule has 0 saturated heterocycles. The summed E-state index contributed by atoms with van der Waals surface area (Å²) in [4.78, 5) is 10.9. The number of carboxylic acid groups (broad SMARTS) is 1. The minimum Gasteiger partial charge on any atom is -0.508 e. The normalized spacial score (nSPS) is 11.4. The van der Waals surface area contributed by atoms with E-state index in [9.17, 15) is 27.5 Å². The molecule has 0 aliphatic heterocycles. The molecule has 0 fully saturated rings. The summed E-state index contributed by atoms with van der Waals surface area (Å²) < 4.78 is 51.5. The predicted molar refractivity (Wildman–Crippen MR) is 65.5 cm³/mol. The molecule has 0 unspecified atom stereocenters. The van der Waals surface area contributed by atoms with Crippen molar-refractivity contribution < 1.29 is 32.6 Å². The Morgan fingerprint density at radius 3 is 2.10 bits per heavy atom. The molecule has 0 atom stereocenters. The van der Waals surface area contributed by atoms with Gasteiger partial charge in [-0.15, -0.1) is 0 Å². The van der Waals surface area contributed by atoms with E-state index in [1.165, 1.54) is 0 Å². The third-order valence-electron chi connectivity index (χ3n) is 2.72. The SMILES string of the molecule is O=C(O)c1cc(-c2cc(O)cc(F)c2)cc(C(F)(F)F)c1. The van der Waals surface area contributed by atoms with Crippen LogP contribution in [0.15, 0.2) is 36.4 Å². The number of carboxylic acids is 1. The summed E-state index contributed by atoms with van der Waals surface area (Å²) in [6.07, 6.45) is -4.74. The van der Waals surface area contributed by atoms with Gasteiger partial charge in [-0.3, -0.25) is 0 Å². The van der Waals surface area contributed by atoms with Crippen LogP contribution < -0.4 is 0 Å². The van der Waals surface area contributed by atoms with E-state index in [4.69, 9.17) is 5.11 Å². The maximum absolute atomic E-state index is 13.2. The van der Waals surface area contributed by atoms with Gasteiger partial charge in [0.1, 0.15) is 11.6 Å². The lowest BCUT2D eigenvalue weighted by molar-refractivity contribution is -0.137. The first-order chi connectivity index (χ1) is 9.66. The molecule has 7 heteroatoms. The van der Waals surface area contributed by atoms with Gasteiger partial charge in [0.05, 0.1) is 11.1 Å². The van der Waals surface area contributed by atoms with Crippen LogP contribution in [0.5, 0.6) is 5.75 Å². The van der Waals surface area contributed by atoms with E-state index < -0.39 is 34.8 Å². The first-order valence-corrected chi connectivity index (χ1v) is 5.62. The number of phenols is 1. The Labute approximate surface area is 116 Å². The van der Waals surface area contributed by atoms with Crippen molar-refractivity contribution in [2.24, 2.45) is 0 Å². The molecule has 2 aromatic carbocycles. The lowest BCUT2D eigenvalue weighted by Crippen LogP contribution is -2.08. The molecule has 0 bridgehead atoms. The number of rotatable bonds is 2. The van der Waals surface area contributed by atoms with Crippen LogP contribution in [-0.2, 0) is 6.18 Å². The molecule has 0 amide bonds. The number of aromatic carboxylic acids is 1. The Hall–Kier alpha value is -2.57. The molecule has 21 heavy (non-hydrogen) atoms. The van der Waals surface area contributed by atoms with Gasteiger partial charge < -0.3 is 10.2 Å². The van der Waals surface area contributed by atoms with Gasteiger partial charge in [0.15, 0.2) is 0 Å². The van der Waals surface area contributed by atoms with E-state index in [1.54, 1.807) is 0 Å². The van der Waals surface area contributed by atoms with Crippen molar-refractivity contribution in [1.29, 1.82) is 0 Å². The molecule has 2 rings (SSSR count). The summed E-state index contributed by atoms with van der Waals surface area (Å²) in [6, 6.07) is 4.90. The molecule has 0 radical (unpaired) electrons. The molecule has 0 heterocycles. The number of alkyl halides is 3. The number of hydrogen-bond acceptors (Lipinski definition) is 2. The molecule has 0 aliphatic carbocycles. The second kappa shape index (κ2) is 5.08. The summed E-state index contributed by atoms with van der Waals surface area (Å²) in [6.45, 7) is 0. The second-order valence-corrected chi connectivity index (χ2v) is 4.30. The molecule has 2 N–H and O–H groups in total. The van der Waals surface area contributed by atoms with Crippen LogP contribution in [0.2, 0.25) is 0 Å². The van der Waals surface area contributed by atoms with Crippen LogP contribution >= 0.6 is 0 Å². The Balaban J connectivity index is 2.67. The maximum atomic E-state index is 13.2. The lowest BCUT2D eigenvalue weighted by atomic mass is 9.99. The highest BCUT2D eigenvalue weighted by molar-refractivity contribution is 5.90. The zero-order valence-electron chi connectivity index (χ0n) is 10.3. The quantitative estimate of drug-likeness (QED) is 0.827. The van der Waals surface area contributed by atoms with Crippen molar-refractivity contribution in [2.45, 2.75) is 6.18 Å². The van der Waals surface area contributed by atoms with E-state index in [0.29, 0.717) is 12.1 Å². The fraction of sp³-hybridized carbons (Fsp3) is 0.0714. The third-order valence-corrected chi connectivity index (χ3v) is 2.72. The molecule has 3 nitrogen and oxygen atoms in total. The van der Waals surface area contributed by atoms with Gasteiger partial charge in [-0.2, -0.15) is 13.2 Å². The zero-order chi connectivity index (χ0) is 15.8. The molecular weight excluding hydrogens is 292 g/mol. The average molecular weight is 300 g/mol. The predicted octanol–water partition coefficient (Wildman–Crippen LogP) is 3.92. The van der Waals surface area contributed by atoms with Gasteiger partial charge in [-0.1, -0.05) is 0 Å². The van der Waals surface area contributed by atoms with Gasteiger partial charge in [-0.25, -0.2) is 9.18 Å². The summed E-state index contributed by atoms with van der Waals surface area (Å²) >= 11 is 0. The average Bonchev–Trinajstić information content (AvgIpc) is 2.36. The zero-order valence-corrected chi connectivity index (χ0v) is 10.3. The summed E-state index contributed by atoms with van der Waals surface area (Å²) in [5.74, 6) is -2.86. The van der Waals surface area contributed by atoms with Crippen LogP contribution in [0, 0.1) is 5.82 Å². The topological polar surface area (TPSA) is 57.5 Å². The number of carbonyl (C=O) groups is 1. The fourth-order valence-electron chi connectivity index (χ4n) is 1.82. The van der Waals surface area contributed by atoms with E-state index in [2.05, 4.69) is 0 Å². The highest BCUT2D eigenvalue weighted by atomic mass is 19.4. The van der Waals surface area contributed by atoms with Crippen molar-refractivity contribution in [2.75, 3.05) is 0 Å². The molecule has 110 valence electrons. The Morgan fingerprint density at radius 1 is 0.952 bits per heavy atom. The van der Waals surface area contributed by atoms with Crippen molar-refractivity contribution >= 4 is 5.97 Å². The molecular formula is C14H8F4O3. The van der Waals surface area contributed by atoms with Crippen LogP contribution in [0.25, 0.3) is 11.1 Å². The van der Waals surface area contributed by atoms with E-state index >= 15 is 0 Å². The molecule has 2 aromatic rings. The largest absolute Gasteiger partial charge is 0.508 e. The highest BCUT2D eigenvalue weighted by Crippen LogP contribution is 2.34. The number of aromatic hydroxyl groups is 1. The summed E-state index contributed by atoms with van der Waals surface area (Å²) in [5.41, 5.74) is -1.96. The number of phenolic OH excluding ortho intramolecular Hbond substituents is 1. The van der Waals surface area contributed by atoms with E-state index in [-0.39, 0.29) is 11.1 Å². The minimum atomic E-state index is -4.74. The van der Waals surface area contributed by atoms with Crippen molar-refractivity contribution in [3.63, 3.8) is 0 Å². The number of hydrogen-bond donors (Lipinski definition) is 2. The Kier molecular flexibility index (Phi) is 3.59. The van der Waals surface area contributed by atoms with Gasteiger partial charge >= 0.3 is 12.1 Å². The van der Waals surface area contributed by atoms with Crippen molar-refractivity contribution in [3.05, 3.63) is 53.3 Å². The van der Waals surface area contributed by atoms with Crippen LogP contribution in [0.3, 0.4) is 0 Å². The minimum absolute atomic E-state index is 0.0545. The van der Waals surface area contributed by atoms with Crippen molar-refractivity contribution in [1.82, 2.24) is 0 Å². The first kappa shape index (κ1) is 14.8. The van der Waals surface area contributed by atoms with E-state index in [1.807, 2.05) is 0 Å². The van der Waals surface area contributed by atoms with Crippen molar-refractivity contribution in [3.8, 4) is 16.9 Å². The molecule has 0 spiro atoms. The monoisotopic (exact) mass is 300 g/mol. The first-order valence-electron chi connectivity index (χ1n) is 5.62. The second-order valence-electron chi connectivity index (χ2n) is 4.30. The Morgan fingerprint density at radius 2 is 1.57 bits per heavy atom. The number of benzene rings is 2. The maximum Gasteiger partial charge on any atom is 0.416 e.